The van der Waals surface area contributed by atoms with Crippen LogP contribution in [0.2, 0.25) is 0 Å². The van der Waals surface area contributed by atoms with Gasteiger partial charge in [0, 0.05) is 42.9 Å². The molecule has 0 saturated heterocycles. The maximum absolute atomic E-state index is 12.6. The molecular weight excluding hydrogens is 302 g/mol. The number of fused-ring (bicyclic) bond motifs is 1. The number of carbonyl (C=O) groups excluding carboxylic acids is 1. The second-order valence-electron chi connectivity index (χ2n) is 5.79. The zero-order valence-corrected chi connectivity index (χ0v) is 13.9. The van der Waals surface area contributed by atoms with E-state index in [4.69, 9.17) is 5.11 Å². The van der Waals surface area contributed by atoms with Crippen LogP contribution in [-0.2, 0) is 7.05 Å². The minimum absolute atomic E-state index is 0.107. The van der Waals surface area contributed by atoms with Gasteiger partial charge in [-0.15, -0.1) is 0 Å². The number of amides is 1. The topological polar surface area (TPSA) is 57.5 Å². The molecule has 124 valence electrons. The van der Waals surface area contributed by atoms with Crippen molar-refractivity contribution in [2.75, 3.05) is 30.4 Å². The molecule has 3 rings (SSSR count). The molecule has 0 aliphatic carbocycles. The van der Waals surface area contributed by atoms with Gasteiger partial charge in [0.25, 0.3) is 5.91 Å². The van der Waals surface area contributed by atoms with Gasteiger partial charge in [-0.2, -0.15) is 0 Å². The third-order valence-electron chi connectivity index (χ3n) is 4.19. The molecule has 3 aromatic rings. The number of anilines is 2. The standard InChI is InChI=1S/C19H21N3O2/c1-21(11-12-23)16-9-7-15(8-10-16)20-19(24)18-13-14-5-3-4-6-17(14)22(18)2/h3-10,13,23H,11-12H2,1-2H3,(H,20,24). The monoisotopic (exact) mass is 323 g/mol. The van der Waals surface area contributed by atoms with Crippen LogP contribution in [0.15, 0.2) is 54.6 Å². The number of hydrogen-bond acceptors (Lipinski definition) is 3. The van der Waals surface area contributed by atoms with Crippen molar-refractivity contribution in [1.29, 1.82) is 0 Å². The molecule has 1 amide bonds. The first-order valence-corrected chi connectivity index (χ1v) is 7.88. The van der Waals surface area contributed by atoms with Crippen molar-refractivity contribution in [2.24, 2.45) is 7.05 Å². The molecule has 5 nitrogen and oxygen atoms in total. The molecule has 0 saturated carbocycles. The van der Waals surface area contributed by atoms with Gasteiger partial charge in [0.2, 0.25) is 0 Å². The maximum Gasteiger partial charge on any atom is 0.272 e. The lowest BCUT2D eigenvalue weighted by atomic mass is 10.2. The fraction of sp³-hybridized carbons (Fsp3) is 0.211. The third kappa shape index (κ3) is 3.12. The summed E-state index contributed by atoms with van der Waals surface area (Å²) >= 11 is 0. The average molecular weight is 323 g/mol. The number of aliphatic hydroxyl groups is 1. The third-order valence-corrected chi connectivity index (χ3v) is 4.19. The summed E-state index contributed by atoms with van der Waals surface area (Å²) in [6.45, 7) is 0.678. The summed E-state index contributed by atoms with van der Waals surface area (Å²) < 4.78 is 1.90. The Kier molecular flexibility index (Phi) is 4.53. The lowest BCUT2D eigenvalue weighted by Crippen LogP contribution is -2.21. The Morgan fingerprint density at radius 2 is 1.88 bits per heavy atom. The van der Waals surface area contributed by atoms with Crippen LogP contribution in [0.25, 0.3) is 10.9 Å². The molecule has 24 heavy (non-hydrogen) atoms. The van der Waals surface area contributed by atoms with Gasteiger partial charge < -0.3 is 19.9 Å². The highest BCUT2D eigenvalue weighted by Crippen LogP contribution is 2.21. The van der Waals surface area contributed by atoms with E-state index in [1.165, 1.54) is 0 Å². The Morgan fingerprint density at radius 3 is 2.54 bits per heavy atom. The van der Waals surface area contributed by atoms with Gasteiger partial charge in [-0.3, -0.25) is 4.79 Å². The zero-order chi connectivity index (χ0) is 17.1. The van der Waals surface area contributed by atoms with E-state index in [0.29, 0.717) is 12.2 Å². The van der Waals surface area contributed by atoms with Crippen LogP contribution in [-0.4, -0.2) is 35.8 Å². The van der Waals surface area contributed by atoms with Gasteiger partial charge in [-0.1, -0.05) is 18.2 Å². The first-order valence-electron chi connectivity index (χ1n) is 7.88. The molecule has 0 atom stereocenters. The van der Waals surface area contributed by atoms with E-state index in [1.54, 1.807) is 0 Å². The van der Waals surface area contributed by atoms with E-state index in [2.05, 4.69) is 5.32 Å². The van der Waals surface area contributed by atoms with Crippen molar-refractivity contribution in [2.45, 2.75) is 0 Å². The summed E-state index contributed by atoms with van der Waals surface area (Å²) in [5.74, 6) is -0.134. The van der Waals surface area contributed by atoms with E-state index in [9.17, 15) is 4.79 Å². The Balaban J connectivity index is 1.77. The Bertz CT molecular complexity index is 853. The summed E-state index contributed by atoms with van der Waals surface area (Å²) in [4.78, 5) is 14.5. The highest BCUT2D eigenvalue weighted by Gasteiger charge is 2.13. The summed E-state index contributed by atoms with van der Waals surface area (Å²) in [6.07, 6.45) is 0. The minimum atomic E-state index is -0.134. The van der Waals surface area contributed by atoms with Crippen LogP contribution in [0.3, 0.4) is 0 Å². The van der Waals surface area contributed by atoms with Crippen molar-refractivity contribution in [3.8, 4) is 0 Å². The summed E-state index contributed by atoms with van der Waals surface area (Å²) in [5, 5.41) is 13.0. The molecule has 1 heterocycles. The molecule has 1 aromatic heterocycles. The SMILES string of the molecule is CN(CCO)c1ccc(NC(=O)c2cc3ccccc3n2C)cc1. The highest BCUT2D eigenvalue weighted by atomic mass is 16.3. The Morgan fingerprint density at radius 1 is 1.17 bits per heavy atom. The van der Waals surface area contributed by atoms with Crippen molar-refractivity contribution in [3.05, 3.63) is 60.3 Å². The number of carbonyl (C=O) groups is 1. The number of aliphatic hydroxyl groups excluding tert-OH is 1. The number of hydrogen-bond donors (Lipinski definition) is 2. The van der Waals surface area contributed by atoms with Crippen LogP contribution in [0, 0.1) is 0 Å². The number of rotatable bonds is 5. The Labute approximate surface area is 141 Å². The zero-order valence-electron chi connectivity index (χ0n) is 13.9. The summed E-state index contributed by atoms with van der Waals surface area (Å²) in [7, 11) is 3.81. The fourth-order valence-electron chi connectivity index (χ4n) is 2.78. The van der Waals surface area contributed by atoms with Crippen LogP contribution in [0.1, 0.15) is 10.5 Å². The van der Waals surface area contributed by atoms with E-state index in [1.807, 2.05) is 78.2 Å². The second kappa shape index (κ2) is 6.76. The summed E-state index contributed by atoms with van der Waals surface area (Å²) in [6, 6.07) is 17.4. The highest BCUT2D eigenvalue weighted by molar-refractivity contribution is 6.06. The number of aryl methyl sites for hydroxylation is 1. The molecular formula is C19H21N3O2. The molecule has 2 N–H and O–H groups in total. The molecule has 5 heteroatoms. The normalized spacial score (nSPS) is 10.8. The molecule has 0 unspecified atom stereocenters. The minimum Gasteiger partial charge on any atom is -0.395 e. The average Bonchev–Trinajstić information content (AvgIpc) is 2.93. The van der Waals surface area contributed by atoms with E-state index in [-0.39, 0.29) is 12.5 Å². The molecule has 2 aromatic carbocycles. The van der Waals surface area contributed by atoms with Gasteiger partial charge in [0.05, 0.1) is 6.61 Å². The van der Waals surface area contributed by atoms with Gasteiger partial charge in [-0.05, 0) is 36.4 Å². The van der Waals surface area contributed by atoms with E-state index in [0.717, 1.165) is 22.3 Å². The number of benzene rings is 2. The maximum atomic E-state index is 12.6. The Hall–Kier alpha value is -2.79. The molecule has 0 aliphatic heterocycles. The van der Waals surface area contributed by atoms with Crippen LogP contribution < -0.4 is 10.2 Å². The van der Waals surface area contributed by atoms with Crippen LogP contribution in [0.4, 0.5) is 11.4 Å². The molecule has 0 fully saturated rings. The number of nitrogens with zero attached hydrogens (tertiary/aromatic N) is 2. The van der Waals surface area contributed by atoms with Gasteiger partial charge in [0.1, 0.15) is 5.69 Å². The van der Waals surface area contributed by atoms with Crippen molar-refractivity contribution >= 4 is 28.2 Å². The van der Waals surface area contributed by atoms with Gasteiger partial charge >= 0.3 is 0 Å². The number of likely N-dealkylation sites (N-methyl/N-ethyl adjacent to an activating group) is 1. The molecule has 0 bridgehead atoms. The van der Waals surface area contributed by atoms with Gasteiger partial charge in [0.15, 0.2) is 0 Å². The van der Waals surface area contributed by atoms with Crippen molar-refractivity contribution < 1.29 is 9.90 Å². The first kappa shape index (κ1) is 16.1. The van der Waals surface area contributed by atoms with Crippen molar-refractivity contribution in [3.63, 3.8) is 0 Å². The smallest absolute Gasteiger partial charge is 0.272 e. The first-order chi connectivity index (χ1) is 11.6. The van der Waals surface area contributed by atoms with Crippen LogP contribution >= 0.6 is 0 Å². The van der Waals surface area contributed by atoms with Crippen molar-refractivity contribution in [1.82, 2.24) is 4.57 Å². The number of para-hydroxylation sites is 1. The second-order valence-corrected chi connectivity index (χ2v) is 5.79. The number of nitrogens with one attached hydrogen (secondary N) is 1. The lowest BCUT2D eigenvalue weighted by molar-refractivity contribution is 0.102. The predicted molar refractivity (Wildman–Crippen MR) is 97.7 cm³/mol. The molecule has 0 spiro atoms. The van der Waals surface area contributed by atoms with E-state index >= 15 is 0 Å². The fourth-order valence-corrected chi connectivity index (χ4v) is 2.78. The van der Waals surface area contributed by atoms with Gasteiger partial charge in [-0.25, -0.2) is 0 Å². The van der Waals surface area contributed by atoms with E-state index < -0.39 is 0 Å². The molecule has 0 aliphatic rings. The summed E-state index contributed by atoms with van der Waals surface area (Å²) in [5.41, 5.74) is 3.39. The molecule has 0 radical (unpaired) electrons. The lowest BCUT2D eigenvalue weighted by Gasteiger charge is -2.18. The number of aromatic nitrogens is 1. The largest absolute Gasteiger partial charge is 0.395 e. The quantitative estimate of drug-likeness (QED) is 0.759. The predicted octanol–water partition coefficient (Wildman–Crippen LogP) is 2.86. The van der Waals surface area contributed by atoms with Crippen LogP contribution in [0.5, 0.6) is 0 Å².